The quantitative estimate of drug-likeness (QED) is 0.611. The Kier molecular flexibility index (Phi) is 4.08. The predicted octanol–water partition coefficient (Wildman–Crippen LogP) is 3.53. The van der Waals surface area contributed by atoms with Crippen LogP contribution >= 0.6 is 27.5 Å². The Morgan fingerprint density at radius 2 is 2.29 bits per heavy atom. The van der Waals surface area contributed by atoms with Gasteiger partial charge in [-0.05, 0) is 13.0 Å². The SMILES string of the molecule is CC(Cl)C(=O)c1cccc(F)c1CBr. The van der Waals surface area contributed by atoms with Crippen molar-refractivity contribution < 1.29 is 9.18 Å². The molecule has 1 aromatic carbocycles. The van der Waals surface area contributed by atoms with E-state index in [0.717, 1.165) is 0 Å². The molecule has 0 N–H and O–H groups in total. The molecule has 0 saturated carbocycles. The van der Waals surface area contributed by atoms with Crippen LogP contribution in [-0.2, 0) is 5.33 Å². The molecule has 1 nitrogen and oxygen atoms in total. The molecule has 1 rings (SSSR count). The van der Waals surface area contributed by atoms with Gasteiger partial charge in [0.1, 0.15) is 5.82 Å². The minimum absolute atomic E-state index is 0.249. The van der Waals surface area contributed by atoms with Gasteiger partial charge < -0.3 is 0 Å². The summed E-state index contributed by atoms with van der Waals surface area (Å²) in [6.45, 7) is 1.58. The molecule has 0 aliphatic carbocycles. The van der Waals surface area contributed by atoms with Crippen LogP contribution in [0.15, 0.2) is 18.2 Å². The molecule has 1 unspecified atom stereocenters. The standard InChI is InChI=1S/C10H9BrClFO/c1-6(12)10(14)7-3-2-4-9(13)8(7)5-11/h2-4,6H,5H2,1H3. The van der Waals surface area contributed by atoms with Crippen LogP contribution in [0, 0.1) is 5.82 Å². The van der Waals surface area contributed by atoms with Gasteiger partial charge in [0.25, 0.3) is 0 Å². The van der Waals surface area contributed by atoms with Gasteiger partial charge in [0.2, 0.25) is 0 Å². The Labute approximate surface area is 95.4 Å². The summed E-state index contributed by atoms with van der Waals surface area (Å²) in [6.07, 6.45) is 0. The maximum Gasteiger partial charge on any atom is 0.180 e. The van der Waals surface area contributed by atoms with E-state index >= 15 is 0 Å². The lowest BCUT2D eigenvalue weighted by molar-refractivity contribution is 0.0990. The third-order valence-electron chi connectivity index (χ3n) is 1.88. The van der Waals surface area contributed by atoms with Gasteiger partial charge in [-0.3, -0.25) is 4.79 Å². The first-order valence-electron chi connectivity index (χ1n) is 4.09. The van der Waals surface area contributed by atoms with Crippen LogP contribution in [0.3, 0.4) is 0 Å². The van der Waals surface area contributed by atoms with Gasteiger partial charge in [0.15, 0.2) is 5.78 Å². The minimum atomic E-state index is -0.630. The van der Waals surface area contributed by atoms with Crippen LogP contribution in [0.5, 0.6) is 0 Å². The zero-order valence-electron chi connectivity index (χ0n) is 7.56. The summed E-state index contributed by atoms with van der Waals surface area (Å²) in [6, 6.07) is 4.42. The summed E-state index contributed by atoms with van der Waals surface area (Å²) < 4.78 is 13.2. The van der Waals surface area contributed by atoms with Gasteiger partial charge in [0, 0.05) is 16.5 Å². The van der Waals surface area contributed by atoms with E-state index in [1.165, 1.54) is 12.1 Å². The zero-order chi connectivity index (χ0) is 10.7. The predicted molar refractivity (Wildman–Crippen MR) is 58.7 cm³/mol. The number of ketones is 1. The average Bonchev–Trinajstić information content (AvgIpc) is 2.16. The van der Waals surface area contributed by atoms with Crippen molar-refractivity contribution in [2.24, 2.45) is 0 Å². The van der Waals surface area contributed by atoms with Crippen molar-refractivity contribution >= 4 is 33.3 Å². The summed E-state index contributed by atoms with van der Waals surface area (Å²) >= 11 is 8.80. The molecule has 0 saturated heterocycles. The summed E-state index contributed by atoms with van der Waals surface area (Å²) in [5, 5.41) is -0.320. The first-order chi connectivity index (χ1) is 6.57. The Morgan fingerprint density at radius 1 is 1.64 bits per heavy atom. The van der Waals surface area contributed by atoms with E-state index in [1.54, 1.807) is 13.0 Å². The van der Waals surface area contributed by atoms with Crippen LogP contribution < -0.4 is 0 Å². The molecule has 0 bridgehead atoms. The Morgan fingerprint density at radius 3 is 2.79 bits per heavy atom. The van der Waals surface area contributed by atoms with E-state index < -0.39 is 5.38 Å². The number of rotatable bonds is 3. The van der Waals surface area contributed by atoms with E-state index in [9.17, 15) is 9.18 Å². The molecule has 1 aromatic rings. The largest absolute Gasteiger partial charge is 0.293 e. The Balaban J connectivity index is 3.20. The van der Waals surface area contributed by atoms with Gasteiger partial charge in [-0.15, -0.1) is 11.6 Å². The molecule has 76 valence electrons. The average molecular weight is 280 g/mol. The second kappa shape index (κ2) is 4.89. The van der Waals surface area contributed by atoms with Crippen molar-refractivity contribution in [3.63, 3.8) is 0 Å². The first-order valence-corrected chi connectivity index (χ1v) is 5.65. The fraction of sp³-hybridized carbons (Fsp3) is 0.300. The molecule has 0 aromatic heterocycles. The van der Waals surface area contributed by atoms with Gasteiger partial charge in [0.05, 0.1) is 5.38 Å². The number of alkyl halides is 2. The fourth-order valence-corrected chi connectivity index (χ4v) is 1.83. The van der Waals surface area contributed by atoms with Crippen molar-refractivity contribution in [3.05, 3.63) is 35.1 Å². The zero-order valence-corrected chi connectivity index (χ0v) is 9.90. The molecular formula is C10H9BrClFO. The second-order valence-electron chi connectivity index (χ2n) is 2.88. The van der Waals surface area contributed by atoms with E-state index in [-0.39, 0.29) is 11.6 Å². The molecule has 0 heterocycles. The molecule has 0 radical (unpaired) electrons. The first kappa shape index (κ1) is 11.7. The molecule has 0 aliphatic heterocycles. The number of hydrogen-bond donors (Lipinski definition) is 0. The van der Waals surface area contributed by atoms with Crippen LogP contribution in [0.25, 0.3) is 0 Å². The molecule has 14 heavy (non-hydrogen) atoms. The molecule has 4 heteroatoms. The monoisotopic (exact) mass is 278 g/mol. The van der Waals surface area contributed by atoms with Gasteiger partial charge in [-0.25, -0.2) is 4.39 Å². The van der Waals surface area contributed by atoms with E-state index in [4.69, 9.17) is 11.6 Å². The lowest BCUT2D eigenvalue weighted by Gasteiger charge is -2.08. The number of hydrogen-bond acceptors (Lipinski definition) is 1. The van der Waals surface area contributed by atoms with E-state index in [2.05, 4.69) is 15.9 Å². The van der Waals surface area contributed by atoms with Crippen LogP contribution in [0.4, 0.5) is 4.39 Å². The molecule has 0 amide bonds. The van der Waals surface area contributed by atoms with E-state index in [1.807, 2.05) is 0 Å². The summed E-state index contributed by atoms with van der Waals surface area (Å²) in [5.41, 5.74) is 0.717. The molecular weight excluding hydrogens is 270 g/mol. The van der Waals surface area contributed by atoms with Crippen molar-refractivity contribution in [2.75, 3.05) is 0 Å². The van der Waals surface area contributed by atoms with Crippen molar-refractivity contribution in [3.8, 4) is 0 Å². The minimum Gasteiger partial charge on any atom is -0.293 e. The second-order valence-corrected chi connectivity index (χ2v) is 4.10. The fourth-order valence-electron chi connectivity index (χ4n) is 1.14. The molecule has 1 atom stereocenters. The van der Waals surface area contributed by atoms with Crippen molar-refractivity contribution in [1.82, 2.24) is 0 Å². The number of carbonyl (C=O) groups excluding carboxylic acids is 1. The van der Waals surface area contributed by atoms with Crippen LogP contribution in [-0.4, -0.2) is 11.2 Å². The number of carbonyl (C=O) groups is 1. The molecule has 0 spiro atoms. The van der Waals surface area contributed by atoms with Crippen LogP contribution in [0.2, 0.25) is 0 Å². The number of benzene rings is 1. The van der Waals surface area contributed by atoms with Gasteiger partial charge in [-0.1, -0.05) is 28.1 Å². The lowest BCUT2D eigenvalue weighted by Crippen LogP contribution is -2.13. The summed E-state index contributed by atoms with van der Waals surface area (Å²) in [7, 11) is 0. The van der Waals surface area contributed by atoms with Gasteiger partial charge >= 0.3 is 0 Å². The highest BCUT2D eigenvalue weighted by Gasteiger charge is 2.17. The van der Waals surface area contributed by atoms with Crippen LogP contribution in [0.1, 0.15) is 22.8 Å². The summed E-state index contributed by atoms with van der Waals surface area (Å²) in [5.74, 6) is -0.634. The Bertz CT molecular complexity index is 352. The third-order valence-corrected chi connectivity index (χ3v) is 2.64. The number of halogens is 3. The smallest absolute Gasteiger partial charge is 0.180 e. The van der Waals surface area contributed by atoms with Gasteiger partial charge in [-0.2, -0.15) is 0 Å². The highest BCUT2D eigenvalue weighted by atomic mass is 79.9. The highest BCUT2D eigenvalue weighted by molar-refractivity contribution is 9.08. The van der Waals surface area contributed by atoms with Crippen molar-refractivity contribution in [1.29, 1.82) is 0 Å². The maximum atomic E-state index is 13.2. The van der Waals surface area contributed by atoms with Crippen molar-refractivity contribution in [2.45, 2.75) is 17.6 Å². The maximum absolute atomic E-state index is 13.2. The molecule has 0 aliphatic rings. The topological polar surface area (TPSA) is 17.1 Å². The molecule has 0 fully saturated rings. The normalized spacial score (nSPS) is 12.6. The number of Topliss-reactive ketones (excluding diaryl/α,β-unsaturated/α-hetero) is 1. The Hall–Kier alpha value is -0.410. The van der Waals surface area contributed by atoms with E-state index in [0.29, 0.717) is 16.5 Å². The lowest BCUT2D eigenvalue weighted by atomic mass is 10.0. The third kappa shape index (κ3) is 2.34. The highest BCUT2D eigenvalue weighted by Crippen LogP contribution is 2.19. The summed E-state index contributed by atoms with van der Waals surface area (Å²) in [4.78, 5) is 11.6.